The van der Waals surface area contributed by atoms with Gasteiger partial charge in [0.25, 0.3) is 11.8 Å². The number of hydrogen-bond acceptors (Lipinski definition) is 4. The lowest BCUT2D eigenvalue weighted by molar-refractivity contribution is 0.101. The molecule has 0 aliphatic rings. The van der Waals surface area contributed by atoms with Gasteiger partial charge in [-0.15, -0.1) is 0 Å². The third-order valence-corrected chi connectivity index (χ3v) is 6.95. The van der Waals surface area contributed by atoms with Crippen molar-refractivity contribution in [2.24, 2.45) is 11.8 Å². The van der Waals surface area contributed by atoms with Gasteiger partial charge in [0.2, 0.25) is 0 Å². The van der Waals surface area contributed by atoms with Crippen LogP contribution in [0.2, 0.25) is 0 Å². The Hall–Kier alpha value is -4.58. The zero-order valence-electron chi connectivity index (χ0n) is 25.6. The van der Waals surface area contributed by atoms with Crippen molar-refractivity contribution < 1.29 is 19.1 Å². The standard InChI is InChI=1S/C37H42N2O4/c1-26(2)19-21-42-34-9-5-7-30(24-34)36(40)38-32-15-11-28(12-16-32)23-29-13-17-33(18-14-29)39-37(41)31-8-6-10-35(25-31)43-22-20-27(3)4/h5-18,24-27H,19-23H2,1-4H3,(H,38,40)(H,39,41). The van der Waals surface area contributed by atoms with Gasteiger partial charge in [0, 0.05) is 22.5 Å². The third kappa shape index (κ3) is 10.3. The number of nitrogens with one attached hydrogen (secondary N) is 2. The maximum absolute atomic E-state index is 12.8. The summed E-state index contributed by atoms with van der Waals surface area (Å²) >= 11 is 0. The average molecular weight is 579 g/mol. The van der Waals surface area contributed by atoms with E-state index < -0.39 is 0 Å². The topological polar surface area (TPSA) is 76.7 Å². The summed E-state index contributed by atoms with van der Waals surface area (Å²) in [5.74, 6) is 2.18. The van der Waals surface area contributed by atoms with Crippen LogP contribution in [0.3, 0.4) is 0 Å². The van der Waals surface area contributed by atoms with Gasteiger partial charge in [0.05, 0.1) is 13.2 Å². The Morgan fingerprint density at radius 2 is 0.977 bits per heavy atom. The minimum absolute atomic E-state index is 0.176. The number of carbonyl (C=O) groups is 2. The first kappa shape index (κ1) is 31.4. The van der Waals surface area contributed by atoms with Crippen molar-refractivity contribution in [3.8, 4) is 11.5 Å². The van der Waals surface area contributed by atoms with Crippen molar-refractivity contribution in [1.82, 2.24) is 0 Å². The zero-order valence-corrected chi connectivity index (χ0v) is 25.6. The van der Waals surface area contributed by atoms with Crippen LogP contribution >= 0.6 is 0 Å². The first-order chi connectivity index (χ1) is 20.7. The SMILES string of the molecule is CC(C)CCOc1cccc(C(=O)Nc2ccc(Cc3ccc(NC(=O)c4cccc(OCCC(C)C)c4)cc3)cc2)c1. The summed E-state index contributed by atoms with van der Waals surface area (Å²) in [6.45, 7) is 9.88. The van der Waals surface area contributed by atoms with Crippen LogP contribution in [0.25, 0.3) is 0 Å². The molecule has 0 atom stereocenters. The van der Waals surface area contributed by atoms with Crippen LogP contribution in [0.15, 0.2) is 97.1 Å². The molecule has 6 nitrogen and oxygen atoms in total. The van der Waals surface area contributed by atoms with Crippen LogP contribution in [-0.2, 0) is 6.42 Å². The largest absolute Gasteiger partial charge is 0.494 e. The average Bonchev–Trinajstić information content (AvgIpc) is 2.99. The predicted octanol–water partition coefficient (Wildman–Crippen LogP) is 8.63. The number of ether oxygens (including phenoxy) is 2. The van der Waals surface area contributed by atoms with Crippen molar-refractivity contribution in [2.45, 2.75) is 47.0 Å². The molecule has 2 N–H and O–H groups in total. The van der Waals surface area contributed by atoms with Gasteiger partial charge in [-0.2, -0.15) is 0 Å². The van der Waals surface area contributed by atoms with Gasteiger partial charge in [-0.25, -0.2) is 0 Å². The fourth-order valence-corrected chi connectivity index (χ4v) is 4.33. The lowest BCUT2D eigenvalue weighted by Gasteiger charge is -2.11. The van der Waals surface area contributed by atoms with Gasteiger partial charge in [-0.1, -0.05) is 64.1 Å². The molecule has 0 spiro atoms. The molecule has 224 valence electrons. The molecule has 6 heteroatoms. The van der Waals surface area contributed by atoms with E-state index >= 15 is 0 Å². The van der Waals surface area contributed by atoms with Crippen LogP contribution in [0.5, 0.6) is 11.5 Å². The molecular weight excluding hydrogens is 536 g/mol. The van der Waals surface area contributed by atoms with Gasteiger partial charge in [-0.05, 0) is 103 Å². The van der Waals surface area contributed by atoms with Crippen LogP contribution in [-0.4, -0.2) is 25.0 Å². The monoisotopic (exact) mass is 578 g/mol. The summed E-state index contributed by atoms with van der Waals surface area (Å²) in [4.78, 5) is 25.6. The van der Waals surface area contributed by atoms with Crippen LogP contribution < -0.4 is 20.1 Å². The summed E-state index contributed by atoms with van der Waals surface area (Å²) in [5.41, 5.74) is 4.80. The second-order valence-electron chi connectivity index (χ2n) is 11.6. The van der Waals surface area contributed by atoms with E-state index in [1.807, 2.05) is 72.8 Å². The highest BCUT2D eigenvalue weighted by molar-refractivity contribution is 6.05. The van der Waals surface area contributed by atoms with Gasteiger partial charge < -0.3 is 20.1 Å². The summed E-state index contributed by atoms with van der Waals surface area (Å²) in [6.07, 6.45) is 2.66. The van der Waals surface area contributed by atoms with Gasteiger partial charge in [0.15, 0.2) is 0 Å². The van der Waals surface area contributed by atoms with E-state index in [1.54, 1.807) is 24.3 Å². The van der Waals surface area contributed by atoms with Gasteiger partial charge >= 0.3 is 0 Å². The molecule has 4 rings (SSSR count). The van der Waals surface area contributed by atoms with E-state index in [2.05, 4.69) is 38.3 Å². The second kappa shape index (κ2) is 15.6. The van der Waals surface area contributed by atoms with Crippen molar-refractivity contribution in [3.63, 3.8) is 0 Å². The molecule has 0 saturated carbocycles. The summed E-state index contributed by atoms with van der Waals surface area (Å²) in [7, 11) is 0. The highest BCUT2D eigenvalue weighted by atomic mass is 16.5. The number of rotatable bonds is 14. The van der Waals surface area contributed by atoms with E-state index in [0.29, 0.717) is 47.7 Å². The molecule has 0 radical (unpaired) electrons. The smallest absolute Gasteiger partial charge is 0.255 e. The number of amides is 2. The van der Waals surface area contributed by atoms with Gasteiger partial charge in [0.1, 0.15) is 11.5 Å². The van der Waals surface area contributed by atoms with E-state index in [0.717, 1.165) is 41.8 Å². The molecule has 0 heterocycles. The number of anilines is 2. The number of carbonyl (C=O) groups excluding carboxylic acids is 2. The summed E-state index contributed by atoms with van der Waals surface area (Å²) < 4.78 is 11.6. The van der Waals surface area contributed by atoms with Crippen molar-refractivity contribution in [2.75, 3.05) is 23.8 Å². The van der Waals surface area contributed by atoms with E-state index in [-0.39, 0.29) is 11.8 Å². The Morgan fingerprint density at radius 3 is 1.35 bits per heavy atom. The van der Waals surface area contributed by atoms with Crippen LogP contribution in [0, 0.1) is 11.8 Å². The van der Waals surface area contributed by atoms with E-state index in [4.69, 9.17) is 9.47 Å². The minimum atomic E-state index is -0.176. The van der Waals surface area contributed by atoms with Crippen LogP contribution in [0.4, 0.5) is 11.4 Å². The summed E-state index contributed by atoms with van der Waals surface area (Å²) in [6, 6.07) is 30.2. The Balaban J connectivity index is 1.27. The van der Waals surface area contributed by atoms with Crippen molar-refractivity contribution in [3.05, 3.63) is 119 Å². The lowest BCUT2D eigenvalue weighted by Crippen LogP contribution is -2.12. The summed E-state index contributed by atoms with van der Waals surface area (Å²) in [5, 5.41) is 5.93. The molecule has 0 unspecified atom stereocenters. The number of hydrogen-bond donors (Lipinski definition) is 2. The molecule has 4 aromatic rings. The molecule has 0 aromatic heterocycles. The molecule has 0 saturated heterocycles. The predicted molar refractivity (Wildman–Crippen MR) is 174 cm³/mol. The normalized spacial score (nSPS) is 10.9. The second-order valence-corrected chi connectivity index (χ2v) is 11.6. The molecule has 0 bridgehead atoms. The lowest BCUT2D eigenvalue weighted by atomic mass is 10.0. The quantitative estimate of drug-likeness (QED) is 0.157. The molecule has 0 aliphatic heterocycles. The minimum Gasteiger partial charge on any atom is -0.494 e. The Bertz CT molecular complexity index is 1360. The maximum atomic E-state index is 12.8. The Morgan fingerprint density at radius 1 is 0.581 bits per heavy atom. The fourth-order valence-electron chi connectivity index (χ4n) is 4.33. The van der Waals surface area contributed by atoms with Gasteiger partial charge in [-0.3, -0.25) is 9.59 Å². The van der Waals surface area contributed by atoms with Crippen molar-refractivity contribution >= 4 is 23.2 Å². The van der Waals surface area contributed by atoms with E-state index in [9.17, 15) is 9.59 Å². The highest BCUT2D eigenvalue weighted by Gasteiger charge is 2.10. The molecule has 43 heavy (non-hydrogen) atoms. The Kier molecular flexibility index (Phi) is 11.4. The number of benzene rings is 4. The molecule has 2 amide bonds. The molecule has 0 aliphatic carbocycles. The maximum Gasteiger partial charge on any atom is 0.255 e. The fraction of sp³-hybridized carbons (Fsp3) is 0.297. The molecule has 4 aromatic carbocycles. The van der Waals surface area contributed by atoms with Crippen molar-refractivity contribution in [1.29, 1.82) is 0 Å². The molecular formula is C37H42N2O4. The highest BCUT2D eigenvalue weighted by Crippen LogP contribution is 2.20. The Labute approximate surface area is 255 Å². The van der Waals surface area contributed by atoms with Crippen LogP contribution in [0.1, 0.15) is 72.4 Å². The first-order valence-electron chi connectivity index (χ1n) is 15.0. The van der Waals surface area contributed by atoms with E-state index in [1.165, 1.54) is 0 Å². The zero-order chi connectivity index (χ0) is 30.6. The first-order valence-corrected chi connectivity index (χ1v) is 15.0. The third-order valence-electron chi connectivity index (χ3n) is 6.95. The molecule has 0 fully saturated rings.